The van der Waals surface area contributed by atoms with Gasteiger partial charge in [0.1, 0.15) is 5.75 Å². The second kappa shape index (κ2) is 10.1. The second-order valence-corrected chi connectivity index (χ2v) is 8.06. The van der Waals surface area contributed by atoms with Crippen molar-refractivity contribution in [3.8, 4) is 5.75 Å². The number of nitrogens with zero attached hydrogens (tertiary/aromatic N) is 1. The number of rotatable bonds is 8. The summed E-state index contributed by atoms with van der Waals surface area (Å²) in [6.07, 6.45) is 1.03. The molecular formula is C27H28N2O3. The Kier molecular flexibility index (Phi) is 6.85. The lowest BCUT2D eigenvalue weighted by molar-refractivity contribution is -0.126. The largest absolute Gasteiger partial charge is 0.497 e. The van der Waals surface area contributed by atoms with E-state index in [1.165, 1.54) is 11.1 Å². The number of carbonyl (C=O) groups excluding carboxylic acids is 2. The van der Waals surface area contributed by atoms with E-state index in [0.29, 0.717) is 13.1 Å². The molecule has 0 saturated carbocycles. The fraction of sp³-hybridized carbons (Fsp3) is 0.259. The first-order valence-corrected chi connectivity index (χ1v) is 11.0. The molecule has 3 aromatic rings. The first-order chi connectivity index (χ1) is 15.7. The lowest BCUT2D eigenvalue weighted by atomic mass is 9.88. The van der Waals surface area contributed by atoms with Gasteiger partial charge in [0.25, 0.3) is 0 Å². The summed E-state index contributed by atoms with van der Waals surface area (Å²) >= 11 is 0. The van der Waals surface area contributed by atoms with Gasteiger partial charge in [0.15, 0.2) is 0 Å². The minimum atomic E-state index is -0.337. The van der Waals surface area contributed by atoms with Gasteiger partial charge in [-0.25, -0.2) is 0 Å². The van der Waals surface area contributed by atoms with Crippen LogP contribution in [0.5, 0.6) is 5.75 Å². The molecule has 32 heavy (non-hydrogen) atoms. The molecule has 1 atom stereocenters. The van der Waals surface area contributed by atoms with Gasteiger partial charge in [0.2, 0.25) is 11.8 Å². The summed E-state index contributed by atoms with van der Waals surface area (Å²) in [5.41, 5.74) is 3.25. The van der Waals surface area contributed by atoms with Crippen LogP contribution >= 0.6 is 0 Å². The fourth-order valence-electron chi connectivity index (χ4n) is 4.28. The zero-order valence-corrected chi connectivity index (χ0v) is 18.2. The van der Waals surface area contributed by atoms with Gasteiger partial charge in [-0.05, 0) is 41.8 Å². The van der Waals surface area contributed by atoms with Crippen LogP contribution in [0.2, 0.25) is 0 Å². The average molecular weight is 429 g/mol. The average Bonchev–Trinajstić information content (AvgIpc) is 3.24. The van der Waals surface area contributed by atoms with Gasteiger partial charge in [-0.1, -0.05) is 60.7 Å². The third kappa shape index (κ3) is 4.99. The van der Waals surface area contributed by atoms with E-state index in [1.54, 1.807) is 12.0 Å². The van der Waals surface area contributed by atoms with E-state index in [2.05, 4.69) is 29.6 Å². The molecule has 0 spiro atoms. The molecule has 1 saturated heterocycles. The fourth-order valence-corrected chi connectivity index (χ4v) is 4.28. The maximum Gasteiger partial charge on any atom is 0.227 e. The molecule has 2 amide bonds. The highest BCUT2D eigenvalue weighted by molar-refractivity contribution is 6.00. The molecule has 1 aliphatic rings. The molecule has 4 rings (SSSR count). The van der Waals surface area contributed by atoms with E-state index in [9.17, 15) is 9.59 Å². The van der Waals surface area contributed by atoms with E-state index < -0.39 is 0 Å². The van der Waals surface area contributed by atoms with Crippen LogP contribution < -0.4 is 15.0 Å². The lowest BCUT2D eigenvalue weighted by Crippen LogP contribution is -2.34. The van der Waals surface area contributed by atoms with Crippen LogP contribution in [0.25, 0.3) is 0 Å². The summed E-state index contributed by atoms with van der Waals surface area (Å²) in [5.74, 6) is 0.521. The number of nitrogens with one attached hydrogen (secondary N) is 1. The Hall–Kier alpha value is -3.60. The Morgan fingerprint density at radius 1 is 0.969 bits per heavy atom. The molecule has 5 nitrogen and oxygen atoms in total. The summed E-state index contributed by atoms with van der Waals surface area (Å²) in [4.78, 5) is 27.0. The van der Waals surface area contributed by atoms with E-state index >= 15 is 0 Å². The smallest absolute Gasteiger partial charge is 0.227 e. The number of hydrogen-bond donors (Lipinski definition) is 1. The first-order valence-electron chi connectivity index (χ1n) is 11.0. The van der Waals surface area contributed by atoms with Gasteiger partial charge in [0, 0.05) is 31.1 Å². The summed E-state index contributed by atoms with van der Waals surface area (Å²) in [6.45, 7) is 0.957. The van der Waals surface area contributed by atoms with E-state index in [-0.39, 0.29) is 30.1 Å². The van der Waals surface area contributed by atoms with Gasteiger partial charge in [-0.15, -0.1) is 0 Å². The van der Waals surface area contributed by atoms with Gasteiger partial charge in [-0.2, -0.15) is 0 Å². The van der Waals surface area contributed by atoms with Crippen LogP contribution in [0.15, 0.2) is 84.9 Å². The minimum Gasteiger partial charge on any atom is -0.497 e. The third-order valence-electron chi connectivity index (χ3n) is 6.02. The highest BCUT2D eigenvalue weighted by Gasteiger charge is 2.35. The highest BCUT2D eigenvalue weighted by Crippen LogP contribution is 2.29. The lowest BCUT2D eigenvalue weighted by Gasteiger charge is -2.19. The van der Waals surface area contributed by atoms with Crippen molar-refractivity contribution in [3.63, 3.8) is 0 Å². The molecule has 1 aliphatic heterocycles. The van der Waals surface area contributed by atoms with E-state index in [0.717, 1.165) is 17.9 Å². The molecule has 1 fully saturated rings. The van der Waals surface area contributed by atoms with Crippen LogP contribution in [0.3, 0.4) is 0 Å². The predicted molar refractivity (Wildman–Crippen MR) is 126 cm³/mol. The maximum absolute atomic E-state index is 12.8. The third-order valence-corrected chi connectivity index (χ3v) is 6.02. The van der Waals surface area contributed by atoms with Crippen molar-refractivity contribution in [2.75, 3.05) is 25.1 Å². The molecule has 5 heteroatoms. The zero-order chi connectivity index (χ0) is 22.3. The van der Waals surface area contributed by atoms with Crippen molar-refractivity contribution >= 4 is 17.5 Å². The summed E-state index contributed by atoms with van der Waals surface area (Å²) in [6, 6.07) is 28.0. The number of ether oxygens (including phenoxy) is 1. The van der Waals surface area contributed by atoms with E-state index in [4.69, 9.17) is 4.74 Å². The standard InChI is InChI=1S/C27H28N2O3/c1-32-24-14-12-23(13-15-24)29-19-22(18-26(29)30)27(31)28-17-16-25(20-8-4-2-5-9-20)21-10-6-3-7-11-21/h2-15,22,25H,16-19H2,1H3,(H,28,31)/t22-/m1/s1. The molecule has 164 valence electrons. The Morgan fingerprint density at radius 3 is 2.12 bits per heavy atom. The number of carbonyl (C=O) groups is 2. The molecule has 1 N–H and O–H groups in total. The summed E-state index contributed by atoms with van der Waals surface area (Å²) in [5, 5.41) is 3.07. The topological polar surface area (TPSA) is 58.6 Å². The molecule has 0 radical (unpaired) electrons. The van der Waals surface area contributed by atoms with Crippen molar-refractivity contribution < 1.29 is 14.3 Å². The van der Waals surface area contributed by atoms with Crippen molar-refractivity contribution in [1.82, 2.24) is 5.32 Å². The molecule has 0 unspecified atom stereocenters. The second-order valence-electron chi connectivity index (χ2n) is 8.06. The van der Waals surface area contributed by atoms with Crippen molar-refractivity contribution in [2.24, 2.45) is 5.92 Å². The number of amides is 2. The monoisotopic (exact) mass is 428 g/mol. The van der Waals surface area contributed by atoms with Gasteiger partial charge in [0.05, 0.1) is 13.0 Å². The van der Waals surface area contributed by atoms with Crippen LogP contribution in [-0.4, -0.2) is 32.0 Å². The SMILES string of the molecule is COc1ccc(N2C[C@H](C(=O)NCCC(c3ccccc3)c3ccccc3)CC2=O)cc1. The Labute approximate surface area is 189 Å². The number of methoxy groups -OCH3 is 1. The number of anilines is 1. The quantitative estimate of drug-likeness (QED) is 0.579. The number of benzene rings is 3. The van der Waals surface area contributed by atoms with Crippen molar-refractivity contribution in [1.29, 1.82) is 0 Å². The van der Waals surface area contributed by atoms with Crippen molar-refractivity contribution in [2.45, 2.75) is 18.8 Å². The van der Waals surface area contributed by atoms with Gasteiger partial charge in [-0.3, -0.25) is 9.59 Å². The van der Waals surface area contributed by atoms with E-state index in [1.807, 2.05) is 60.7 Å². The summed E-state index contributed by atoms with van der Waals surface area (Å²) in [7, 11) is 1.61. The van der Waals surface area contributed by atoms with Crippen LogP contribution in [0.1, 0.15) is 29.9 Å². The highest BCUT2D eigenvalue weighted by atomic mass is 16.5. The molecule has 0 aliphatic carbocycles. The molecule has 0 aromatic heterocycles. The Morgan fingerprint density at radius 2 is 1.56 bits per heavy atom. The van der Waals surface area contributed by atoms with Gasteiger partial charge < -0.3 is 15.0 Å². The Bertz CT molecular complexity index is 996. The van der Waals surface area contributed by atoms with Gasteiger partial charge >= 0.3 is 0 Å². The first kappa shape index (κ1) is 21.6. The van der Waals surface area contributed by atoms with Crippen LogP contribution in [0.4, 0.5) is 5.69 Å². The van der Waals surface area contributed by atoms with Crippen LogP contribution in [-0.2, 0) is 9.59 Å². The minimum absolute atomic E-state index is 0.0261. The molecular weight excluding hydrogens is 400 g/mol. The van der Waals surface area contributed by atoms with Crippen molar-refractivity contribution in [3.05, 3.63) is 96.1 Å². The Balaban J connectivity index is 1.36. The maximum atomic E-state index is 12.8. The molecule has 1 heterocycles. The predicted octanol–water partition coefficient (Wildman–Crippen LogP) is 4.39. The molecule has 3 aromatic carbocycles. The van der Waals surface area contributed by atoms with Crippen LogP contribution in [0, 0.1) is 5.92 Å². The summed E-state index contributed by atoms with van der Waals surface area (Å²) < 4.78 is 5.18. The zero-order valence-electron chi connectivity index (χ0n) is 18.2. The number of hydrogen-bond acceptors (Lipinski definition) is 3. The molecule has 0 bridgehead atoms. The normalized spacial score (nSPS) is 15.8.